The molecule has 5 nitrogen and oxygen atoms in total. The predicted octanol–water partition coefficient (Wildman–Crippen LogP) is 4.84. The molecule has 0 bridgehead atoms. The van der Waals surface area contributed by atoms with Gasteiger partial charge in [-0.1, -0.05) is 67.5 Å². The molecule has 0 saturated heterocycles. The fourth-order valence-corrected chi connectivity index (χ4v) is 3.67. The van der Waals surface area contributed by atoms with E-state index in [0.29, 0.717) is 28.5 Å². The van der Waals surface area contributed by atoms with E-state index < -0.39 is 0 Å². The van der Waals surface area contributed by atoms with Crippen LogP contribution in [0.3, 0.4) is 0 Å². The molecule has 0 aliphatic heterocycles. The summed E-state index contributed by atoms with van der Waals surface area (Å²) >= 11 is 7.75. The SMILES string of the molecule is CC(C)CCNC(=O)CSc1nnc(-c2ccccc2Cl)n1-c1ccccc1. The average molecular weight is 415 g/mol. The lowest BCUT2D eigenvalue weighted by Crippen LogP contribution is -2.27. The molecule has 146 valence electrons. The van der Waals surface area contributed by atoms with Gasteiger partial charge in [-0.2, -0.15) is 0 Å². The molecule has 0 spiro atoms. The molecule has 1 amide bonds. The summed E-state index contributed by atoms with van der Waals surface area (Å²) in [6.45, 7) is 4.96. The lowest BCUT2D eigenvalue weighted by molar-refractivity contribution is -0.118. The summed E-state index contributed by atoms with van der Waals surface area (Å²) in [7, 11) is 0. The lowest BCUT2D eigenvalue weighted by Gasteiger charge is -2.11. The van der Waals surface area contributed by atoms with E-state index in [1.54, 1.807) is 0 Å². The number of hydrogen-bond acceptors (Lipinski definition) is 4. The van der Waals surface area contributed by atoms with Crippen LogP contribution in [0.5, 0.6) is 0 Å². The maximum Gasteiger partial charge on any atom is 0.230 e. The molecule has 0 aliphatic rings. The summed E-state index contributed by atoms with van der Waals surface area (Å²) < 4.78 is 1.94. The van der Waals surface area contributed by atoms with Crippen molar-refractivity contribution in [1.82, 2.24) is 20.1 Å². The lowest BCUT2D eigenvalue weighted by atomic mass is 10.1. The van der Waals surface area contributed by atoms with Gasteiger partial charge in [0, 0.05) is 17.8 Å². The first-order valence-corrected chi connectivity index (χ1v) is 10.6. The minimum Gasteiger partial charge on any atom is -0.355 e. The van der Waals surface area contributed by atoms with Gasteiger partial charge >= 0.3 is 0 Å². The van der Waals surface area contributed by atoms with Gasteiger partial charge in [-0.3, -0.25) is 9.36 Å². The van der Waals surface area contributed by atoms with Crippen LogP contribution in [0, 0.1) is 5.92 Å². The first kappa shape index (κ1) is 20.4. The topological polar surface area (TPSA) is 59.8 Å². The van der Waals surface area contributed by atoms with Crippen molar-refractivity contribution in [3.05, 3.63) is 59.6 Å². The van der Waals surface area contributed by atoms with E-state index in [4.69, 9.17) is 11.6 Å². The van der Waals surface area contributed by atoms with E-state index in [2.05, 4.69) is 29.4 Å². The quantitative estimate of drug-likeness (QED) is 0.535. The number of halogens is 1. The highest BCUT2D eigenvalue weighted by atomic mass is 35.5. The molecule has 0 radical (unpaired) electrons. The van der Waals surface area contributed by atoms with Crippen LogP contribution in [0.4, 0.5) is 0 Å². The van der Waals surface area contributed by atoms with Crippen molar-refractivity contribution in [1.29, 1.82) is 0 Å². The van der Waals surface area contributed by atoms with Crippen molar-refractivity contribution in [2.24, 2.45) is 5.92 Å². The molecule has 28 heavy (non-hydrogen) atoms. The van der Waals surface area contributed by atoms with Gasteiger partial charge in [0.25, 0.3) is 0 Å². The fourth-order valence-electron chi connectivity index (χ4n) is 2.67. The summed E-state index contributed by atoms with van der Waals surface area (Å²) in [6.07, 6.45) is 0.966. The number of amides is 1. The van der Waals surface area contributed by atoms with Gasteiger partial charge in [0.1, 0.15) is 0 Å². The first-order chi connectivity index (χ1) is 13.6. The summed E-state index contributed by atoms with van der Waals surface area (Å²) in [5, 5.41) is 12.9. The Labute approximate surface area is 174 Å². The molecular weight excluding hydrogens is 392 g/mol. The molecule has 1 aromatic heterocycles. The zero-order valence-electron chi connectivity index (χ0n) is 15.9. The number of thioether (sulfide) groups is 1. The first-order valence-electron chi connectivity index (χ1n) is 9.21. The zero-order valence-corrected chi connectivity index (χ0v) is 17.5. The van der Waals surface area contributed by atoms with Crippen LogP contribution in [0.15, 0.2) is 59.8 Å². The van der Waals surface area contributed by atoms with Crippen molar-refractivity contribution in [3.8, 4) is 17.1 Å². The van der Waals surface area contributed by atoms with Crippen LogP contribution in [0.25, 0.3) is 17.1 Å². The number of carbonyl (C=O) groups excluding carboxylic acids is 1. The Balaban J connectivity index is 1.84. The zero-order chi connectivity index (χ0) is 19.9. The van der Waals surface area contributed by atoms with Gasteiger partial charge in [0.05, 0.1) is 10.8 Å². The Bertz CT molecular complexity index is 927. The Morgan fingerprint density at radius 1 is 1.11 bits per heavy atom. The van der Waals surface area contributed by atoms with E-state index in [0.717, 1.165) is 17.7 Å². The van der Waals surface area contributed by atoms with Gasteiger partial charge in [-0.05, 0) is 36.6 Å². The molecule has 0 aliphatic carbocycles. The fraction of sp³-hybridized carbons (Fsp3) is 0.286. The molecule has 7 heteroatoms. The van der Waals surface area contributed by atoms with Gasteiger partial charge < -0.3 is 5.32 Å². The summed E-state index contributed by atoms with van der Waals surface area (Å²) in [4.78, 5) is 12.2. The van der Waals surface area contributed by atoms with Crippen LogP contribution < -0.4 is 5.32 Å². The van der Waals surface area contributed by atoms with Crippen LogP contribution in [0.1, 0.15) is 20.3 Å². The van der Waals surface area contributed by atoms with E-state index in [-0.39, 0.29) is 11.7 Å². The monoisotopic (exact) mass is 414 g/mol. The normalized spacial score (nSPS) is 11.0. The van der Waals surface area contributed by atoms with Crippen molar-refractivity contribution in [3.63, 3.8) is 0 Å². The molecule has 0 unspecified atom stereocenters. The third-order valence-corrected chi connectivity index (χ3v) is 5.40. The average Bonchev–Trinajstić information content (AvgIpc) is 3.11. The highest BCUT2D eigenvalue weighted by Gasteiger charge is 2.18. The number of nitrogens with zero attached hydrogens (tertiary/aromatic N) is 3. The van der Waals surface area contributed by atoms with Crippen LogP contribution in [-0.2, 0) is 4.79 Å². The van der Waals surface area contributed by atoms with E-state index in [1.807, 2.05) is 59.2 Å². The summed E-state index contributed by atoms with van der Waals surface area (Å²) in [5.41, 5.74) is 1.72. The van der Waals surface area contributed by atoms with E-state index in [9.17, 15) is 4.79 Å². The largest absolute Gasteiger partial charge is 0.355 e. The number of aromatic nitrogens is 3. The molecule has 0 saturated carbocycles. The predicted molar refractivity (Wildman–Crippen MR) is 115 cm³/mol. The van der Waals surface area contributed by atoms with Crippen molar-refractivity contribution < 1.29 is 4.79 Å². The Morgan fingerprint density at radius 3 is 2.54 bits per heavy atom. The smallest absolute Gasteiger partial charge is 0.230 e. The van der Waals surface area contributed by atoms with Crippen LogP contribution in [0.2, 0.25) is 5.02 Å². The van der Waals surface area contributed by atoms with Crippen LogP contribution >= 0.6 is 23.4 Å². The van der Waals surface area contributed by atoms with Gasteiger partial charge in [-0.15, -0.1) is 10.2 Å². The number of benzene rings is 2. The number of para-hydroxylation sites is 1. The van der Waals surface area contributed by atoms with Crippen molar-refractivity contribution in [2.45, 2.75) is 25.4 Å². The van der Waals surface area contributed by atoms with Gasteiger partial charge in [0.2, 0.25) is 5.91 Å². The molecule has 1 heterocycles. The second-order valence-corrected chi connectivity index (χ2v) is 8.13. The minimum absolute atomic E-state index is 0.00689. The van der Waals surface area contributed by atoms with Crippen molar-refractivity contribution in [2.75, 3.05) is 12.3 Å². The standard InChI is InChI=1S/C21H23ClN4OS/c1-15(2)12-13-23-19(27)14-28-21-25-24-20(17-10-6-7-11-18(17)22)26(21)16-8-4-3-5-9-16/h3-11,15H,12-14H2,1-2H3,(H,23,27). The van der Waals surface area contributed by atoms with Gasteiger partial charge in [0.15, 0.2) is 11.0 Å². The molecule has 3 rings (SSSR count). The maximum atomic E-state index is 12.2. The molecular formula is C21H23ClN4OS. The van der Waals surface area contributed by atoms with E-state index >= 15 is 0 Å². The highest BCUT2D eigenvalue weighted by molar-refractivity contribution is 7.99. The van der Waals surface area contributed by atoms with Crippen LogP contribution in [-0.4, -0.2) is 33.0 Å². The van der Waals surface area contributed by atoms with Crippen molar-refractivity contribution >= 4 is 29.3 Å². The molecule has 0 atom stereocenters. The van der Waals surface area contributed by atoms with Gasteiger partial charge in [-0.25, -0.2) is 0 Å². The number of nitrogens with one attached hydrogen (secondary N) is 1. The summed E-state index contributed by atoms with van der Waals surface area (Å²) in [5.74, 6) is 1.49. The minimum atomic E-state index is -0.00689. The Morgan fingerprint density at radius 2 is 1.82 bits per heavy atom. The Hall–Kier alpha value is -2.31. The molecule has 0 fully saturated rings. The third kappa shape index (κ3) is 5.14. The highest BCUT2D eigenvalue weighted by Crippen LogP contribution is 2.31. The number of carbonyl (C=O) groups is 1. The molecule has 3 aromatic rings. The third-order valence-electron chi connectivity index (χ3n) is 4.14. The molecule has 1 N–H and O–H groups in total. The Kier molecular flexibility index (Phi) is 7.12. The number of rotatable bonds is 8. The molecule has 2 aromatic carbocycles. The maximum absolute atomic E-state index is 12.2. The second-order valence-electron chi connectivity index (χ2n) is 6.78. The van der Waals surface area contributed by atoms with E-state index in [1.165, 1.54) is 11.8 Å². The number of hydrogen-bond donors (Lipinski definition) is 1. The second kappa shape index (κ2) is 9.75. The summed E-state index contributed by atoms with van der Waals surface area (Å²) in [6, 6.07) is 17.4.